The number of halogens is 1. The zero-order chi connectivity index (χ0) is 14.0. The lowest BCUT2D eigenvalue weighted by molar-refractivity contribution is 0.458. The van der Waals surface area contributed by atoms with E-state index in [0.29, 0.717) is 3.57 Å². The molecule has 2 aromatic rings. The van der Waals surface area contributed by atoms with Gasteiger partial charge in [-0.25, -0.2) is 0 Å². The number of rotatable bonds is 3. The molecule has 4 nitrogen and oxygen atoms in total. The van der Waals surface area contributed by atoms with Crippen LogP contribution in [0.2, 0.25) is 0 Å². The lowest BCUT2D eigenvalue weighted by Crippen LogP contribution is -2.10. The summed E-state index contributed by atoms with van der Waals surface area (Å²) in [6, 6.07) is 10.9. The third-order valence-electron chi connectivity index (χ3n) is 2.45. The van der Waals surface area contributed by atoms with Gasteiger partial charge in [-0.2, -0.15) is 8.42 Å². The molecule has 0 aromatic heterocycles. The number of hydrogen-bond acceptors (Lipinski definition) is 4. The number of benzene rings is 2. The molecule has 0 atom stereocenters. The Morgan fingerprint density at radius 1 is 1.11 bits per heavy atom. The summed E-state index contributed by atoms with van der Waals surface area (Å²) in [7, 11) is -3.89. The first-order chi connectivity index (χ1) is 8.90. The average Bonchev–Trinajstić information content (AvgIpc) is 2.35. The van der Waals surface area contributed by atoms with E-state index in [9.17, 15) is 13.5 Å². The highest BCUT2D eigenvalue weighted by atomic mass is 127. The Morgan fingerprint density at radius 2 is 1.74 bits per heavy atom. The first kappa shape index (κ1) is 14.1. The van der Waals surface area contributed by atoms with E-state index in [2.05, 4.69) is 0 Å². The molecule has 0 spiro atoms. The van der Waals surface area contributed by atoms with Gasteiger partial charge in [-0.3, -0.25) is 0 Å². The van der Waals surface area contributed by atoms with Crippen LogP contribution in [-0.4, -0.2) is 13.5 Å². The van der Waals surface area contributed by atoms with Gasteiger partial charge in [0.05, 0.1) is 3.57 Å². The van der Waals surface area contributed by atoms with Crippen molar-refractivity contribution in [1.82, 2.24) is 0 Å². The Balaban J connectivity index is 2.36. The van der Waals surface area contributed by atoms with Crippen molar-refractivity contribution in [3.05, 3.63) is 51.6 Å². The van der Waals surface area contributed by atoms with E-state index >= 15 is 0 Å². The van der Waals surface area contributed by atoms with Crippen molar-refractivity contribution in [3.8, 4) is 11.5 Å². The lowest BCUT2D eigenvalue weighted by Gasteiger charge is -2.09. The van der Waals surface area contributed by atoms with Crippen molar-refractivity contribution in [2.45, 2.75) is 11.8 Å². The summed E-state index contributed by atoms with van der Waals surface area (Å²) in [5.41, 5.74) is 0.964. The van der Waals surface area contributed by atoms with Crippen LogP contribution in [0.4, 0.5) is 0 Å². The topological polar surface area (TPSA) is 63.6 Å². The van der Waals surface area contributed by atoms with Crippen LogP contribution in [0.3, 0.4) is 0 Å². The largest absolute Gasteiger partial charge is 0.507 e. The van der Waals surface area contributed by atoms with Gasteiger partial charge in [0.2, 0.25) is 0 Å². The zero-order valence-electron chi connectivity index (χ0n) is 10.00. The number of phenols is 1. The van der Waals surface area contributed by atoms with Gasteiger partial charge in [0.1, 0.15) is 10.6 Å². The molecule has 0 aliphatic heterocycles. The number of aryl methyl sites for hydroxylation is 1. The van der Waals surface area contributed by atoms with Crippen LogP contribution >= 0.6 is 22.6 Å². The standard InChI is InChI=1S/C13H11IO4S/c1-9-5-7-10(8-6-9)19(16,17)18-12-4-2-3-11(15)13(12)14/h2-8,15H,1H3. The fourth-order valence-corrected chi connectivity index (χ4v) is 2.99. The minimum atomic E-state index is -3.89. The van der Waals surface area contributed by atoms with E-state index in [1.165, 1.54) is 30.3 Å². The Hall–Kier alpha value is -1.28. The van der Waals surface area contributed by atoms with Gasteiger partial charge in [0.15, 0.2) is 5.75 Å². The normalized spacial score (nSPS) is 11.3. The highest BCUT2D eigenvalue weighted by Crippen LogP contribution is 2.30. The third kappa shape index (κ3) is 3.19. The van der Waals surface area contributed by atoms with Gasteiger partial charge in [-0.15, -0.1) is 0 Å². The summed E-state index contributed by atoms with van der Waals surface area (Å²) in [4.78, 5) is 0.0808. The van der Waals surface area contributed by atoms with E-state index in [1.807, 2.05) is 29.5 Å². The molecule has 0 heterocycles. The smallest absolute Gasteiger partial charge is 0.339 e. The predicted octanol–water partition coefficient (Wildman–Crippen LogP) is 3.07. The lowest BCUT2D eigenvalue weighted by atomic mass is 10.2. The second-order valence-electron chi connectivity index (χ2n) is 3.94. The Bertz CT molecular complexity index is 693. The molecule has 0 radical (unpaired) electrons. The molecule has 0 fully saturated rings. The van der Waals surface area contributed by atoms with E-state index in [-0.39, 0.29) is 16.4 Å². The maximum Gasteiger partial charge on any atom is 0.339 e. The van der Waals surface area contributed by atoms with Crippen LogP contribution in [-0.2, 0) is 10.1 Å². The van der Waals surface area contributed by atoms with Crippen molar-refractivity contribution in [2.24, 2.45) is 0 Å². The molecule has 100 valence electrons. The summed E-state index contributed by atoms with van der Waals surface area (Å²) in [6.07, 6.45) is 0. The van der Waals surface area contributed by atoms with Crippen molar-refractivity contribution >= 4 is 32.7 Å². The molecule has 1 N–H and O–H groups in total. The summed E-state index contributed by atoms with van der Waals surface area (Å²) in [5.74, 6) is 0.0957. The molecule has 2 rings (SSSR count). The van der Waals surface area contributed by atoms with Crippen LogP contribution in [0.25, 0.3) is 0 Å². The molecular formula is C13H11IO4S. The molecular weight excluding hydrogens is 379 g/mol. The SMILES string of the molecule is Cc1ccc(S(=O)(=O)Oc2cccc(O)c2I)cc1. The van der Waals surface area contributed by atoms with Gasteiger partial charge in [0.25, 0.3) is 0 Å². The van der Waals surface area contributed by atoms with Gasteiger partial charge in [-0.05, 0) is 53.8 Å². The molecule has 0 unspecified atom stereocenters. The molecule has 0 saturated heterocycles. The van der Waals surface area contributed by atoms with Gasteiger partial charge in [0, 0.05) is 0 Å². The molecule has 0 amide bonds. The summed E-state index contributed by atoms with van der Waals surface area (Å²) < 4.78 is 29.5. The highest BCUT2D eigenvalue weighted by molar-refractivity contribution is 14.1. The molecule has 0 bridgehead atoms. The van der Waals surface area contributed by atoms with E-state index in [1.54, 1.807) is 12.1 Å². The minimum Gasteiger partial charge on any atom is -0.507 e. The monoisotopic (exact) mass is 390 g/mol. The number of phenolic OH excluding ortho intramolecular Hbond substituents is 1. The second kappa shape index (κ2) is 5.38. The molecule has 0 saturated carbocycles. The summed E-state index contributed by atoms with van der Waals surface area (Å²) in [6.45, 7) is 1.87. The van der Waals surface area contributed by atoms with E-state index < -0.39 is 10.1 Å². The number of aromatic hydroxyl groups is 1. The molecule has 2 aromatic carbocycles. The van der Waals surface area contributed by atoms with Crippen LogP contribution < -0.4 is 4.18 Å². The van der Waals surface area contributed by atoms with Gasteiger partial charge in [-0.1, -0.05) is 23.8 Å². The summed E-state index contributed by atoms with van der Waals surface area (Å²) in [5, 5.41) is 9.52. The quantitative estimate of drug-likeness (QED) is 0.647. The van der Waals surface area contributed by atoms with Crippen LogP contribution in [0.5, 0.6) is 11.5 Å². The average molecular weight is 390 g/mol. The van der Waals surface area contributed by atoms with Crippen LogP contribution in [0.1, 0.15) is 5.56 Å². The number of hydrogen-bond donors (Lipinski definition) is 1. The third-order valence-corrected chi connectivity index (χ3v) is 4.78. The predicted molar refractivity (Wildman–Crippen MR) is 79.8 cm³/mol. The summed E-state index contributed by atoms with van der Waals surface area (Å²) >= 11 is 1.83. The fraction of sp³-hybridized carbons (Fsp3) is 0.0769. The molecule has 19 heavy (non-hydrogen) atoms. The second-order valence-corrected chi connectivity index (χ2v) is 6.56. The van der Waals surface area contributed by atoms with E-state index in [4.69, 9.17) is 4.18 Å². The molecule has 0 aliphatic carbocycles. The maximum absolute atomic E-state index is 12.1. The van der Waals surface area contributed by atoms with Crippen molar-refractivity contribution in [3.63, 3.8) is 0 Å². The highest BCUT2D eigenvalue weighted by Gasteiger charge is 2.18. The van der Waals surface area contributed by atoms with Crippen molar-refractivity contribution in [1.29, 1.82) is 0 Å². The van der Waals surface area contributed by atoms with Crippen LogP contribution in [0, 0.1) is 10.5 Å². The Morgan fingerprint density at radius 3 is 2.37 bits per heavy atom. The van der Waals surface area contributed by atoms with Gasteiger partial charge < -0.3 is 9.29 Å². The van der Waals surface area contributed by atoms with Crippen LogP contribution in [0.15, 0.2) is 47.4 Å². The van der Waals surface area contributed by atoms with Crippen molar-refractivity contribution in [2.75, 3.05) is 0 Å². The molecule has 0 aliphatic rings. The van der Waals surface area contributed by atoms with Gasteiger partial charge >= 0.3 is 10.1 Å². The van der Waals surface area contributed by atoms with E-state index in [0.717, 1.165) is 5.56 Å². The fourth-order valence-electron chi connectivity index (χ4n) is 1.43. The minimum absolute atomic E-state index is 0.0165. The molecule has 6 heteroatoms. The Kier molecular flexibility index (Phi) is 4.00. The first-order valence-electron chi connectivity index (χ1n) is 5.39. The Labute approximate surface area is 125 Å². The maximum atomic E-state index is 12.1. The zero-order valence-corrected chi connectivity index (χ0v) is 13.0. The first-order valence-corrected chi connectivity index (χ1v) is 7.87. The van der Waals surface area contributed by atoms with Crippen molar-refractivity contribution < 1.29 is 17.7 Å².